The summed E-state index contributed by atoms with van der Waals surface area (Å²) in [6.07, 6.45) is 4.10. The van der Waals surface area contributed by atoms with Gasteiger partial charge in [0.15, 0.2) is 0 Å². The Labute approximate surface area is 125 Å². The van der Waals surface area contributed by atoms with Gasteiger partial charge in [0.1, 0.15) is 5.75 Å². The number of anilines is 1. The zero-order chi connectivity index (χ0) is 15.1. The van der Waals surface area contributed by atoms with Crippen molar-refractivity contribution in [3.63, 3.8) is 0 Å². The monoisotopic (exact) mass is 292 g/mol. The first-order valence-electron chi connectivity index (χ1n) is 7.58. The number of amides is 1. The van der Waals surface area contributed by atoms with E-state index < -0.39 is 0 Å². The number of ether oxygens (including phenoxy) is 1. The molecule has 0 aromatic heterocycles. The number of hydrogen-bond acceptors (Lipinski definition) is 4. The van der Waals surface area contributed by atoms with Gasteiger partial charge in [-0.1, -0.05) is 12.8 Å². The molecule has 2 rings (SSSR count). The molecule has 1 aromatic rings. The van der Waals surface area contributed by atoms with Crippen LogP contribution in [-0.2, 0) is 4.79 Å². The van der Waals surface area contributed by atoms with E-state index in [4.69, 9.17) is 10.5 Å². The summed E-state index contributed by atoms with van der Waals surface area (Å²) >= 11 is 0. The third kappa shape index (κ3) is 5.27. The summed E-state index contributed by atoms with van der Waals surface area (Å²) in [4.78, 5) is 11.7. The van der Waals surface area contributed by atoms with Crippen molar-refractivity contribution in [1.29, 1.82) is 0 Å². The highest BCUT2D eigenvalue weighted by Gasteiger charge is 2.23. The zero-order valence-electron chi connectivity index (χ0n) is 12.3. The third-order valence-corrected chi connectivity index (χ3v) is 3.91. The van der Waals surface area contributed by atoms with Crippen LogP contribution in [0.1, 0.15) is 32.1 Å². The number of hydrogen-bond donors (Lipinski definition) is 3. The Morgan fingerprint density at radius 1 is 1.29 bits per heavy atom. The van der Waals surface area contributed by atoms with Crippen LogP contribution in [-0.4, -0.2) is 30.3 Å². The minimum atomic E-state index is -0.273. The van der Waals surface area contributed by atoms with E-state index in [-0.39, 0.29) is 17.9 Å². The van der Waals surface area contributed by atoms with Crippen molar-refractivity contribution in [2.24, 2.45) is 5.92 Å². The highest BCUT2D eigenvalue weighted by atomic mass is 16.5. The first-order chi connectivity index (χ1) is 10.1. The van der Waals surface area contributed by atoms with Gasteiger partial charge >= 0.3 is 0 Å². The number of nitrogens with two attached hydrogens (primary N) is 1. The SMILES string of the molecule is Nc1ccc(OCCC(=O)NCC2CCCCC2O)cc1. The average Bonchev–Trinajstić information content (AvgIpc) is 2.48. The molecule has 0 saturated heterocycles. The number of carbonyl (C=O) groups is 1. The van der Waals surface area contributed by atoms with Crippen LogP contribution in [0.5, 0.6) is 5.75 Å². The van der Waals surface area contributed by atoms with Gasteiger partial charge in [-0.15, -0.1) is 0 Å². The maximum absolute atomic E-state index is 11.7. The summed E-state index contributed by atoms with van der Waals surface area (Å²) < 4.78 is 5.48. The van der Waals surface area contributed by atoms with E-state index in [9.17, 15) is 9.90 Å². The second kappa shape index (κ2) is 7.88. The van der Waals surface area contributed by atoms with Gasteiger partial charge in [-0.3, -0.25) is 4.79 Å². The molecule has 2 atom stereocenters. The molecule has 4 N–H and O–H groups in total. The molecule has 1 aliphatic rings. The first-order valence-corrected chi connectivity index (χ1v) is 7.58. The summed E-state index contributed by atoms with van der Waals surface area (Å²) in [5.41, 5.74) is 6.27. The number of nitrogen functional groups attached to an aromatic ring is 1. The van der Waals surface area contributed by atoms with Crippen LogP contribution in [0.25, 0.3) is 0 Å². The predicted molar refractivity (Wildman–Crippen MR) is 81.9 cm³/mol. The molecule has 1 aromatic carbocycles. The lowest BCUT2D eigenvalue weighted by atomic mass is 9.86. The predicted octanol–water partition coefficient (Wildman–Crippen LogP) is 1.70. The van der Waals surface area contributed by atoms with Crippen molar-refractivity contribution in [2.75, 3.05) is 18.9 Å². The summed E-state index contributed by atoms with van der Waals surface area (Å²) in [5, 5.41) is 12.7. The van der Waals surface area contributed by atoms with E-state index in [1.807, 2.05) is 0 Å². The van der Waals surface area contributed by atoms with Crippen LogP contribution in [0.15, 0.2) is 24.3 Å². The molecule has 1 fully saturated rings. The quantitative estimate of drug-likeness (QED) is 0.697. The molecule has 0 heterocycles. The highest BCUT2D eigenvalue weighted by Crippen LogP contribution is 2.23. The molecule has 5 nitrogen and oxygen atoms in total. The normalized spacial score (nSPS) is 21.8. The van der Waals surface area contributed by atoms with E-state index in [0.29, 0.717) is 31.0 Å². The van der Waals surface area contributed by atoms with Gasteiger partial charge < -0.3 is 20.9 Å². The maximum atomic E-state index is 11.7. The Morgan fingerprint density at radius 2 is 2.00 bits per heavy atom. The standard InChI is InChI=1S/C16H24N2O3/c17-13-5-7-14(8-6-13)21-10-9-16(20)18-11-12-3-1-2-4-15(12)19/h5-8,12,15,19H,1-4,9-11,17H2,(H,18,20). The van der Waals surface area contributed by atoms with Crippen molar-refractivity contribution >= 4 is 11.6 Å². The molecule has 0 spiro atoms. The van der Waals surface area contributed by atoms with Gasteiger partial charge in [0.25, 0.3) is 0 Å². The summed E-state index contributed by atoms with van der Waals surface area (Å²) in [7, 11) is 0. The van der Waals surface area contributed by atoms with Crippen LogP contribution in [0.4, 0.5) is 5.69 Å². The van der Waals surface area contributed by atoms with Crippen LogP contribution in [0, 0.1) is 5.92 Å². The lowest BCUT2D eigenvalue weighted by Crippen LogP contribution is -2.37. The lowest BCUT2D eigenvalue weighted by Gasteiger charge is -2.27. The molecule has 0 radical (unpaired) electrons. The molecule has 0 aliphatic heterocycles. The van der Waals surface area contributed by atoms with Crippen molar-refractivity contribution in [2.45, 2.75) is 38.2 Å². The first kappa shape index (κ1) is 15.6. The Hall–Kier alpha value is -1.75. The highest BCUT2D eigenvalue weighted by molar-refractivity contribution is 5.76. The van der Waals surface area contributed by atoms with Gasteiger partial charge in [-0.25, -0.2) is 0 Å². The number of nitrogens with one attached hydrogen (secondary N) is 1. The maximum Gasteiger partial charge on any atom is 0.223 e. The number of aliphatic hydroxyl groups is 1. The zero-order valence-corrected chi connectivity index (χ0v) is 12.3. The van der Waals surface area contributed by atoms with Crippen molar-refractivity contribution in [1.82, 2.24) is 5.32 Å². The smallest absolute Gasteiger partial charge is 0.223 e. The third-order valence-electron chi connectivity index (χ3n) is 3.91. The molecule has 116 valence electrons. The van der Waals surface area contributed by atoms with Gasteiger partial charge in [-0.2, -0.15) is 0 Å². The van der Waals surface area contributed by atoms with E-state index in [1.165, 1.54) is 0 Å². The van der Waals surface area contributed by atoms with Crippen molar-refractivity contribution < 1.29 is 14.6 Å². The molecule has 21 heavy (non-hydrogen) atoms. The fraction of sp³-hybridized carbons (Fsp3) is 0.562. The van der Waals surface area contributed by atoms with Crippen LogP contribution in [0.2, 0.25) is 0 Å². The Morgan fingerprint density at radius 3 is 2.71 bits per heavy atom. The Kier molecular flexibility index (Phi) is 5.87. The fourth-order valence-corrected chi connectivity index (χ4v) is 2.59. The molecular weight excluding hydrogens is 268 g/mol. The number of aliphatic hydroxyl groups excluding tert-OH is 1. The number of rotatable bonds is 6. The Bertz CT molecular complexity index is 447. The minimum absolute atomic E-state index is 0.0387. The van der Waals surface area contributed by atoms with Gasteiger partial charge in [-0.05, 0) is 37.1 Å². The lowest BCUT2D eigenvalue weighted by molar-refractivity contribution is -0.122. The largest absolute Gasteiger partial charge is 0.493 e. The van der Waals surface area contributed by atoms with Gasteiger partial charge in [0.05, 0.1) is 19.1 Å². The van der Waals surface area contributed by atoms with E-state index in [1.54, 1.807) is 24.3 Å². The van der Waals surface area contributed by atoms with Gasteiger partial charge in [0.2, 0.25) is 5.91 Å². The van der Waals surface area contributed by atoms with Crippen molar-refractivity contribution in [3.05, 3.63) is 24.3 Å². The van der Waals surface area contributed by atoms with Crippen LogP contribution < -0.4 is 15.8 Å². The van der Waals surface area contributed by atoms with E-state index >= 15 is 0 Å². The molecule has 2 unspecified atom stereocenters. The molecular formula is C16H24N2O3. The topological polar surface area (TPSA) is 84.6 Å². The summed E-state index contributed by atoms with van der Waals surface area (Å²) in [5.74, 6) is 0.864. The molecule has 1 aliphatic carbocycles. The number of benzene rings is 1. The average molecular weight is 292 g/mol. The second-order valence-corrected chi connectivity index (χ2v) is 5.58. The van der Waals surface area contributed by atoms with Crippen LogP contribution >= 0.6 is 0 Å². The van der Waals surface area contributed by atoms with Gasteiger partial charge in [0, 0.05) is 18.2 Å². The molecule has 5 heteroatoms. The molecule has 0 bridgehead atoms. The Balaban J connectivity index is 1.62. The van der Waals surface area contributed by atoms with Crippen LogP contribution in [0.3, 0.4) is 0 Å². The molecule has 1 amide bonds. The number of carbonyl (C=O) groups excluding carboxylic acids is 1. The second-order valence-electron chi connectivity index (χ2n) is 5.58. The van der Waals surface area contributed by atoms with E-state index in [2.05, 4.69) is 5.32 Å². The minimum Gasteiger partial charge on any atom is -0.493 e. The van der Waals surface area contributed by atoms with E-state index in [0.717, 1.165) is 25.7 Å². The molecule has 1 saturated carbocycles. The summed E-state index contributed by atoms with van der Waals surface area (Å²) in [6, 6.07) is 7.09. The van der Waals surface area contributed by atoms with Crippen molar-refractivity contribution in [3.8, 4) is 5.75 Å². The summed E-state index contributed by atoms with van der Waals surface area (Å²) in [6.45, 7) is 0.894. The fourth-order valence-electron chi connectivity index (χ4n) is 2.59.